The van der Waals surface area contributed by atoms with E-state index in [2.05, 4.69) is 6.07 Å². The zero-order valence-electron chi connectivity index (χ0n) is 7.80. The summed E-state index contributed by atoms with van der Waals surface area (Å²) in [6.07, 6.45) is 4.15. The molecule has 0 radical (unpaired) electrons. The minimum absolute atomic E-state index is 0.109. The van der Waals surface area contributed by atoms with Crippen molar-refractivity contribution >= 4 is 5.97 Å². The van der Waals surface area contributed by atoms with E-state index >= 15 is 0 Å². The van der Waals surface area contributed by atoms with E-state index in [4.69, 9.17) is 10.00 Å². The van der Waals surface area contributed by atoms with Crippen LogP contribution in [0.15, 0.2) is 0 Å². The Hall–Kier alpha value is -1.04. The molecule has 2 rings (SSSR count). The van der Waals surface area contributed by atoms with Gasteiger partial charge in [0, 0.05) is 0 Å². The Morgan fingerprint density at radius 2 is 2.00 bits per heavy atom. The summed E-state index contributed by atoms with van der Waals surface area (Å²) in [5.74, 6) is -0.109. The number of carbonyl (C=O) groups is 1. The lowest BCUT2D eigenvalue weighted by atomic mass is 9.83. The van der Waals surface area contributed by atoms with E-state index in [-0.39, 0.29) is 16.8 Å². The van der Waals surface area contributed by atoms with Gasteiger partial charge >= 0.3 is 5.97 Å². The molecule has 0 N–H and O–H groups in total. The quantitative estimate of drug-likeness (QED) is 0.575. The van der Waals surface area contributed by atoms with Crippen molar-refractivity contribution in [3.63, 3.8) is 0 Å². The normalized spacial score (nSPS) is 41.5. The molecule has 0 amide bonds. The first-order valence-electron chi connectivity index (χ1n) is 4.66. The highest BCUT2D eigenvalue weighted by molar-refractivity contribution is 5.78. The lowest BCUT2D eigenvalue weighted by molar-refractivity contribution is -0.152. The lowest BCUT2D eigenvalue weighted by Crippen LogP contribution is -2.27. The monoisotopic (exact) mass is 179 g/mol. The van der Waals surface area contributed by atoms with Gasteiger partial charge in [0.05, 0.1) is 24.0 Å². The maximum absolute atomic E-state index is 11.5. The van der Waals surface area contributed by atoms with Gasteiger partial charge in [0.2, 0.25) is 0 Å². The van der Waals surface area contributed by atoms with Crippen molar-refractivity contribution in [2.45, 2.75) is 32.1 Å². The van der Waals surface area contributed by atoms with Gasteiger partial charge < -0.3 is 4.74 Å². The second-order valence-corrected chi connectivity index (χ2v) is 4.34. The van der Waals surface area contributed by atoms with Crippen molar-refractivity contribution in [1.82, 2.24) is 0 Å². The molecule has 0 heterocycles. The van der Waals surface area contributed by atoms with Gasteiger partial charge in [0.15, 0.2) is 0 Å². The molecule has 0 saturated heterocycles. The summed E-state index contributed by atoms with van der Waals surface area (Å²) in [6, 6.07) is 2.36. The third-order valence-corrected chi connectivity index (χ3v) is 3.70. The number of rotatable bonds is 1. The second kappa shape index (κ2) is 2.47. The van der Waals surface area contributed by atoms with Crippen LogP contribution in [0.4, 0.5) is 0 Å². The molecule has 0 aliphatic heterocycles. The number of esters is 1. The van der Waals surface area contributed by atoms with Crippen LogP contribution in [0.1, 0.15) is 32.1 Å². The standard InChI is InChI=1S/C10H13NO2/c1-13-8(12)10-4-2-9(6-10,7-11)3-5-10/h2-6H2,1H3. The fourth-order valence-electron chi connectivity index (χ4n) is 2.85. The van der Waals surface area contributed by atoms with Crippen LogP contribution in [0.3, 0.4) is 0 Å². The molecule has 0 unspecified atom stereocenters. The highest BCUT2D eigenvalue weighted by Crippen LogP contribution is 2.61. The van der Waals surface area contributed by atoms with Crippen LogP contribution < -0.4 is 0 Å². The molecule has 2 aliphatic carbocycles. The molecule has 0 aromatic heterocycles. The number of hydrogen-bond donors (Lipinski definition) is 0. The van der Waals surface area contributed by atoms with E-state index in [1.54, 1.807) is 0 Å². The molecule has 2 bridgehead atoms. The van der Waals surface area contributed by atoms with Crippen molar-refractivity contribution < 1.29 is 9.53 Å². The van der Waals surface area contributed by atoms with Crippen LogP contribution in [-0.4, -0.2) is 13.1 Å². The minimum atomic E-state index is -0.301. The molecule has 0 aromatic carbocycles. The molecule has 0 spiro atoms. The largest absolute Gasteiger partial charge is 0.469 e. The second-order valence-electron chi connectivity index (χ2n) is 4.34. The molecule has 2 fully saturated rings. The van der Waals surface area contributed by atoms with E-state index < -0.39 is 0 Å². The van der Waals surface area contributed by atoms with Gasteiger partial charge in [-0.1, -0.05) is 0 Å². The fraction of sp³-hybridized carbons (Fsp3) is 0.800. The number of carbonyl (C=O) groups excluding carboxylic acids is 1. The predicted octanol–water partition coefficient (Wildman–Crippen LogP) is 1.63. The van der Waals surface area contributed by atoms with E-state index in [1.165, 1.54) is 7.11 Å². The van der Waals surface area contributed by atoms with Crippen LogP contribution in [0.5, 0.6) is 0 Å². The van der Waals surface area contributed by atoms with Crippen LogP contribution in [0.25, 0.3) is 0 Å². The molecule has 70 valence electrons. The number of fused-ring (bicyclic) bond motifs is 2. The Balaban J connectivity index is 2.24. The SMILES string of the molecule is COC(=O)C12CCC(C#N)(CC1)C2. The molecule has 0 atom stereocenters. The van der Waals surface area contributed by atoms with Crippen molar-refractivity contribution in [2.75, 3.05) is 7.11 Å². The number of nitrogens with zero attached hydrogens (tertiary/aromatic N) is 1. The number of nitriles is 1. The lowest BCUT2D eigenvalue weighted by Gasteiger charge is -2.22. The van der Waals surface area contributed by atoms with Crippen molar-refractivity contribution in [3.8, 4) is 6.07 Å². The molecule has 2 aliphatic rings. The third-order valence-electron chi connectivity index (χ3n) is 3.70. The average Bonchev–Trinajstić information content (AvgIpc) is 2.74. The van der Waals surface area contributed by atoms with E-state index in [9.17, 15) is 4.79 Å². The highest BCUT2D eigenvalue weighted by atomic mass is 16.5. The number of ether oxygens (including phenoxy) is 1. The van der Waals surface area contributed by atoms with Gasteiger partial charge in [0.25, 0.3) is 0 Å². The summed E-state index contributed by atoms with van der Waals surface area (Å²) in [5.41, 5.74) is -0.501. The van der Waals surface area contributed by atoms with Gasteiger partial charge in [0.1, 0.15) is 0 Å². The smallest absolute Gasteiger partial charge is 0.311 e. The van der Waals surface area contributed by atoms with Crippen LogP contribution in [0, 0.1) is 22.2 Å². The molecule has 0 aromatic rings. The first kappa shape index (κ1) is 8.55. The average molecular weight is 179 g/mol. The zero-order chi connectivity index (χ0) is 9.53. The molecule has 3 nitrogen and oxygen atoms in total. The highest BCUT2D eigenvalue weighted by Gasteiger charge is 2.59. The molecule has 2 saturated carbocycles. The van der Waals surface area contributed by atoms with Crippen LogP contribution in [0.2, 0.25) is 0 Å². The molecular weight excluding hydrogens is 166 g/mol. The van der Waals surface area contributed by atoms with Gasteiger partial charge in [-0.05, 0) is 32.1 Å². The summed E-state index contributed by atoms with van der Waals surface area (Å²) in [4.78, 5) is 11.5. The Bertz CT molecular complexity index is 282. The summed E-state index contributed by atoms with van der Waals surface area (Å²) >= 11 is 0. The number of methoxy groups -OCH3 is 1. The van der Waals surface area contributed by atoms with Crippen LogP contribution >= 0.6 is 0 Å². The number of hydrogen-bond acceptors (Lipinski definition) is 3. The van der Waals surface area contributed by atoms with Gasteiger partial charge in [-0.3, -0.25) is 4.79 Å². The Labute approximate surface area is 77.7 Å². The fourth-order valence-corrected chi connectivity index (χ4v) is 2.85. The predicted molar refractivity (Wildman–Crippen MR) is 45.6 cm³/mol. The first-order chi connectivity index (χ1) is 6.16. The summed E-state index contributed by atoms with van der Waals surface area (Å²) in [6.45, 7) is 0. The summed E-state index contributed by atoms with van der Waals surface area (Å²) in [5, 5.41) is 9.01. The van der Waals surface area contributed by atoms with Gasteiger partial charge in [-0.2, -0.15) is 5.26 Å². The first-order valence-corrected chi connectivity index (χ1v) is 4.66. The van der Waals surface area contributed by atoms with Crippen LogP contribution in [-0.2, 0) is 9.53 Å². The zero-order valence-corrected chi connectivity index (χ0v) is 7.80. The summed E-state index contributed by atoms with van der Waals surface area (Å²) in [7, 11) is 1.43. The van der Waals surface area contributed by atoms with Crippen molar-refractivity contribution in [1.29, 1.82) is 5.26 Å². The van der Waals surface area contributed by atoms with Crippen molar-refractivity contribution in [2.24, 2.45) is 10.8 Å². The molecule has 13 heavy (non-hydrogen) atoms. The van der Waals surface area contributed by atoms with Gasteiger partial charge in [-0.15, -0.1) is 0 Å². The van der Waals surface area contributed by atoms with E-state index in [1.807, 2.05) is 0 Å². The Kier molecular flexibility index (Phi) is 1.63. The molecule has 3 heteroatoms. The van der Waals surface area contributed by atoms with Gasteiger partial charge in [-0.25, -0.2) is 0 Å². The third kappa shape index (κ3) is 0.980. The van der Waals surface area contributed by atoms with E-state index in [0.717, 1.165) is 32.1 Å². The molecular formula is C10H13NO2. The van der Waals surface area contributed by atoms with E-state index in [0.29, 0.717) is 0 Å². The Morgan fingerprint density at radius 3 is 2.38 bits per heavy atom. The Morgan fingerprint density at radius 1 is 1.38 bits per heavy atom. The maximum Gasteiger partial charge on any atom is 0.311 e. The topological polar surface area (TPSA) is 50.1 Å². The minimum Gasteiger partial charge on any atom is -0.469 e. The van der Waals surface area contributed by atoms with Crippen molar-refractivity contribution in [3.05, 3.63) is 0 Å². The maximum atomic E-state index is 11.5. The summed E-state index contributed by atoms with van der Waals surface area (Å²) < 4.78 is 4.80.